The second kappa shape index (κ2) is 5.07. The van der Waals surface area contributed by atoms with Crippen molar-refractivity contribution >= 4 is 12.2 Å². The van der Waals surface area contributed by atoms with Gasteiger partial charge in [-0.1, -0.05) is 12.1 Å². The quantitative estimate of drug-likeness (QED) is 0.784. The van der Waals surface area contributed by atoms with Crippen molar-refractivity contribution in [1.29, 1.82) is 0 Å². The number of hydrogen-bond acceptors (Lipinski definition) is 3. The molecule has 0 fully saturated rings. The minimum atomic E-state index is 0.614. The van der Waals surface area contributed by atoms with Crippen molar-refractivity contribution < 1.29 is 4.74 Å². The average molecular weight is 212 g/mol. The molecule has 0 radical (unpaired) electrons. The maximum absolute atomic E-state index is 5.05. The summed E-state index contributed by atoms with van der Waals surface area (Å²) in [5, 5.41) is 0. The number of rotatable bonds is 3. The summed E-state index contributed by atoms with van der Waals surface area (Å²) in [6, 6.07) is 11.4. The predicted molar refractivity (Wildman–Crippen MR) is 64.0 cm³/mol. The molecule has 16 heavy (non-hydrogen) atoms. The Labute approximate surface area is 94.4 Å². The van der Waals surface area contributed by atoms with E-state index in [9.17, 15) is 0 Å². The Balaban J connectivity index is 2.17. The van der Waals surface area contributed by atoms with Gasteiger partial charge in [0.1, 0.15) is 0 Å². The molecular formula is C13H12N2O. The van der Waals surface area contributed by atoms with Gasteiger partial charge in [-0.25, -0.2) is 4.98 Å². The molecule has 2 aromatic heterocycles. The van der Waals surface area contributed by atoms with Gasteiger partial charge >= 0.3 is 0 Å². The predicted octanol–water partition coefficient (Wildman–Crippen LogP) is 2.66. The molecule has 0 aliphatic carbocycles. The van der Waals surface area contributed by atoms with E-state index in [0.29, 0.717) is 5.88 Å². The third kappa shape index (κ3) is 2.67. The Bertz CT molecular complexity index is 480. The van der Waals surface area contributed by atoms with Crippen molar-refractivity contribution in [3.8, 4) is 5.88 Å². The summed E-state index contributed by atoms with van der Waals surface area (Å²) in [6.07, 6.45) is 5.59. The maximum atomic E-state index is 5.05. The van der Waals surface area contributed by atoms with E-state index in [1.165, 1.54) is 0 Å². The highest BCUT2D eigenvalue weighted by Crippen LogP contribution is 2.09. The van der Waals surface area contributed by atoms with Gasteiger partial charge in [0.05, 0.1) is 18.5 Å². The Morgan fingerprint density at radius 2 is 1.81 bits per heavy atom. The van der Waals surface area contributed by atoms with Crippen molar-refractivity contribution in [3.05, 3.63) is 54.0 Å². The van der Waals surface area contributed by atoms with Crippen molar-refractivity contribution in [2.75, 3.05) is 7.11 Å². The molecule has 0 aliphatic heterocycles. The molecule has 0 saturated heterocycles. The molecule has 3 nitrogen and oxygen atoms in total. The van der Waals surface area contributed by atoms with E-state index < -0.39 is 0 Å². The second-order valence-corrected chi connectivity index (χ2v) is 3.19. The van der Waals surface area contributed by atoms with E-state index >= 15 is 0 Å². The number of aromatic nitrogens is 2. The first-order valence-corrected chi connectivity index (χ1v) is 4.98. The second-order valence-electron chi connectivity index (χ2n) is 3.19. The highest BCUT2D eigenvalue weighted by Gasteiger charge is 1.93. The summed E-state index contributed by atoms with van der Waals surface area (Å²) in [5.41, 5.74) is 1.76. The van der Waals surface area contributed by atoms with Crippen LogP contribution in [0.15, 0.2) is 42.6 Å². The van der Waals surface area contributed by atoms with Crippen LogP contribution in [-0.4, -0.2) is 17.1 Å². The maximum Gasteiger partial charge on any atom is 0.213 e. The normalized spacial score (nSPS) is 10.6. The smallest absolute Gasteiger partial charge is 0.213 e. The third-order valence-electron chi connectivity index (χ3n) is 2.07. The van der Waals surface area contributed by atoms with Crippen LogP contribution in [0.3, 0.4) is 0 Å². The topological polar surface area (TPSA) is 35.0 Å². The van der Waals surface area contributed by atoms with Crippen LogP contribution in [0.2, 0.25) is 0 Å². The van der Waals surface area contributed by atoms with Crippen LogP contribution < -0.4 is 4.74 Å². The van der Waals surface area contributed by atoms with Gasteiger partial charge in [0.2, 0.25) is 5.88 Å². The van der Waals surface area contributed by atoms with Crippen LogP contribution >= 0.6 is 0 Å². The summed E-state index contributed by atoms with van der Waals surface area (Å²) in [4.78, 5) is 8.46. The number of hydrogen-bond donors (Lipinski definition) is 0. The lowest BCUT2D eigenvalue weighted by atomic mass is 10.3. The van der Waals surface area contributed by atoms with E-state index in [2.05, 4.69) is 9.97 Å². The third-order valence-corrected chi connectivity index (χ3v) is 2.07. The minimum Gasteiger partial charge on any atom is -0.481 e. The van der Waals surface area contributed by atoms with Crippen LogP contribution in [0.4, 0.5) is 0 Å². The van der Waals surface area contributed by atoms with Crippen molar-refractivity contribution in [2.24, 2.45) is 0 Å². The van der Waals surface area contributed by atoms with Gasteiger partial charge in [-0.2, -0.15) is 0 Å². The molecule has 0 bridgehead atoms. The van der Waals surface area contributed by atoms with Crippen LogP contribution in [0.25, 0.3) is 12.2 Å². The molecule has 0 amide bonds. The van der Waals surface area contributed by atoms with Crippen LogP contribution in [0.5, 0.6) is 5.88 Å². The van der Waals surface area contributed by atoms with Gasteiger partial charge in [-0.15, -0.1) is 0 Å². The molecule has 0 saturated carbocycles. The zero-order chi connectivity index (χ0) is 11.2. The molecule has 2 heterocycles. The first-order valence-electron chi connectivity index (χ1n) is 4.98. The zero-order valence-electron chi connectivity index (χ0n) is 9.00. The highest BCUT2D eigenvalue weighted by molar-refractivity contribution is 5.66. The number of pyridine rings is 2. The zero-order valence-corrected chi connectivity index (χ0v) is 9.00. The largest absolute Gasteiger partial charge is 0.481 e. The van der Waals surface area contributed by atoms with Gasteiger partial charge in [0, 0.05) is 12.3 Å². The lowest BCUT2D eigenvalue weighted by Crippen LogP contribution is -1.88. The fourth-order valence-corrected chi connectivity index (χ4v) is 1.28. The SMILES string of the molecule is COc1cccc(/C=C\c2ccccn2)n1. The molecule has 0 atom stereocenters. The van der Waals surface area contributed by atoms with E-state index in [0.717, 1.165) is 11.4 Å². The first-order chi connectivity index (χ1) is 7.88. The summed E-state index contributed by atoms with van der Waals surface area (Å²) in [7, 11) is 1.61. The summed E-state index contributed by atoms with van der Waals surface area (Å²) < 4.78 is 5.05. The Kier molecular flexibility index (Phi) is 3.28. The molecule has 0 aromatic carbocycles. The van der Waals surface area contributed by atoms with E-state index in [1.54, 1.807) is 13.3 Å². The molecule has 80 valence electrons. The summed E-state index contributed by atoms with van der Waals surface area (Å²) in [5.74, 6) is 0.614. The average Bonchev–Trinajstić information content (AvgIpc) is 2.38. The number of methoxy groups -OCH3 is 1. The van der Waals surface area contributed by atoms with Gasteiger partial charge in [0.25, 0.3) is 0 Å². The van der Waals surface area contributed by atoms with Gasteiger partial charge < -0.3 is 4.74 Å². The van der Waals surface area contributed by atoms with E-state index in [1.807, 2.05) is 48.6 Å². The highest BCUT2D eigenvalue weighted by atomic mass is 16.5. The molecule has 0 aliphatic rings. The summed E-state index contributed by atoms with van der Waals surface area (Å²) in [6.45, 7) is 0. The molecule has 2 aromatic rings. The fourth-order valence-electron chi connectivity index (χ4n) is 1.28. The molecular weight excluding hydrogens is 200 g/mol. The van der Waals surface area contributed by atoms with Crippen LogP contribution in [-0.2, 0) is 0 Å². The minimum absolute atomic E-state index is 0.614. The monoisotopic (exact) mass is 212 g/mol. The van der Waals surface area contributed by atoms with Crippen molar-refractivity contribution in [2.45, 2.75) is 0 Å². The van der Waals surface area contributed by atoms with Gasteiger partial charge in [-0.3, -0.25) is 4.98 Å². The number of nitrogens with zero attached hydrogens (tertiary/aromatic N) is 2. The molecule has 3 heteroatoms. The standard InChI is InChI=1S/C13H12N2O/c1-16-13-7-4-6-12(15-13)9-8-11-5-2-3-10-14-11/h2-10H,1H3/b9-8-. The van der Waals surface area contributed by atoms with Gasteiger partial charge in [-0.05, 0) is 30.4 Å². The lowest BCUT2D eigenvalue weighted by molar-refractivity contribution is 0.397. The lowest BCUT2D eigenvalue weighted by Gasteiger charge is -1.98. The molecule has 2 rings (SSSR count). The van der Waals surface area contributed by atoms with Crippen molar-refractivity contribution in [3.63, 3.8) is 0 Å². The fraction of sp³-hybridized carbons (Fsp3) is 0.0769. The van der Waals surface area contributed by atoms with Crippen molar-refractivity contribution in [1.82, 2.24) is 9.97 Å². The summed E-state index contributed by atoms with van der Waals surface area (Å²) >= 11 is 0. The molecule has 0 N–H and O–H groups in total. The Morgan fingerprint density at radius 1 is 1.00 bits per heavy atom. The van der Waals surface area contributed by atoms with E-state index in [4.69, 9.17) is 4.74 Å². The molecule has 0 spiro atoms. The van der Waals surface area contributed by atoms with Crippen LogP contribution in [0, 0.1) is 0 Å². The Morgan fingerprint density at radius 3 is 2.56 bits per heavy atom. The first kappa shape index (κ1) is 10.4. The Hall–Kier alpha value is -2.16. The van der Waals surface area contributed by atoms with E-state index in [-0.39, 0.29) is 0 Å². The molecule has 0 unspecified atom stereocenters. The number of ether oxygens (including phenoxy) is 1. The van der Waals surface area contributed by atoms with Crippen LogP contribution in [0.1, 0.15) is 11.4 Å². The van der Waals surface area contributed by atoms with Gasteiger partial charge in [0.15, 0.2) is 0 Å².